The topological polar surface area (TPSA) is 458 Å². The highest BCUT2D eigenvalue weighted by molar-refractivity contribution is 7.98. The number of aryl methyl sites for hydroxylation is 2. The first-order valence-electron chi connectivity index (χ1n) is 36.7. The highest BCUT2D eigenvalue weighted by Crippen LogP contribution is 2.45. The Morgan fingerprint density at radius 1 is 0.464 bits per heavy atom. The second-order valence-electron chi connectivity index (χ2n) is 31.3. The molecule has 0 aromatic carbocycles. The summed E-state index contributed by atoms with van der Waals surface area (Å²) >= 11 is 1.43. The SMILES string of the molecule is C=P(C)(C)CC[C@H]1OC(n2cnc3c(N)nc(C)nc32)[C@H](O)[C@@H]1O.C=P(C)(C)CC[C@H]1OC(n2cnc3c(N)nc(C)nc32)[C@H](O)[C@@H]1O.C=P(C)(C)CC[C@H]1OC(n2cnc3c(NC/C=C(/C)CC)nc(OC)nc32)[C@H](O)[C@@H]1O.C=P(C)(C)CC[C@H]1OC(n2cnc3c(NC/C=C(/C)CC)nc(SC)nc32)[C@H](O)[C@@H]1O. The van der Waals surface area contributed by atoms with Crippen molar-refractivity contribution in [3.63, 3.8) is 0 Å². The van der Waals surface area contributed by atoms with E-state index in [2.05, 4.69) is 189 Å². The predicted octanol–water partition coefficient (Wildman–Crippen LogP) is 6.23. The summed E-state index contributed by atoms with van der Waals surface area (Å²) in [7, 11) is 1.50. The van der Waals surface area contributed by atoms with Crippen LogP contribution in [-0.2, 0) is 18.9 Å². The van der Waals surface area contributed by atoms with Crippen molar-refractivity contribution in [1.82, 2.24) is 78.1 Å². The number of nitrogen functional groups attached to an aromatic ring is 2. The van der Waals surface area contributed by atoms with Gasteiger partial charge in [0.05, 0.1) is 56.8 Å². The maximum Gasteiger partial charge on any atom is 0.320 e. The number of methoxy groups -OCH3 is 1. The molecule has 0 aliphatic carbocycles. The lowest BCUT2D eigenvalue weighted by Gasteiger charge is -2.18. The van der Waals surface area contributed by atoms with E-state index in [0.29, 0.717) is 112 Å². The molecule has 4 fully saturated rings. The average molecular weight is 1630 g/mol. The third kappa shape index (κ3) is 21.8. The van der Waals surface area contributed by atoms with Crippen LogP contribution in [0.15, 0.2) is 53.8 Å². The van der Waals surface area contributed by atoms with Gasteiger partial charge >= 0.3 is 6.01 Å². The fraction of sp³-hybridized carbons (Fsp3) is 0.611. The summed E-state index contributed by atoms with van der Waals surface area (Å²) in [6.45, 7) is 25.2. The van der Waals surface area contributed by atoms with E-state index in [-0.39, 0.29) is 17.6 Å². The predicted molar refractivity (Wildman–Crippen MR) is 448 cm³/mol. The van der Waals surface area contributed by atoms with Crippen molar-refractivity contribution in [3.8, 4) is 6.01 Å². The van der Waals surface area contributed by atoms with Gasteiger partial charge in [-0.2, -0.15) is 9.97 Å². The van der Waals surface area contributed by atoms with E-state index in [1.807, 2.05) is 6.26 Å². The minimum absolute atomic E-state index is 0.182. The first kappa shape index (κ1) is 87.7. The number of nitrogens with two attached hydrogens (primary N) is 2. The molecule has 12 rings (SSSR count). The van der Waals surface area contributed by atoms with Gasteiger partial charge in [-0.15, -0.1) is 52.7 Å². The summed E-state index contributed by atoms with van der Waals surface area (Å²) in [6.07, 6.45) is 24.2. The molecule has 38 heteroatoms. The van der Waals surface area contributed by atoms with E-state index in [1.54, 1.807) is 44.8 Å². The molecule has 33 nitrogen and oxygen atoms in total. The summed E-state index contributed by atoms with van der Waals surface area (Å²) in [5.41, 5.74) is 18.4. The molecule has 0 radical (unpaired) electrons. The molecule has 4 aliphatic heterocycles. The Labute approximate surface area is 647 Å². The molecule has 608 valence electrons. The van der Waals surface area contributed by atoms with Crippen molar-refractivity contribution in [2.24, 2.45) is 0 Å². The van der Waals surface area contributed by atoms with E-state index in [1.165, 1.54) is 42.7 Å². The molecule has 16 atom stereocenters. The van der Waals surface area contributed by atoms with E-state index in [4.69, 9.17) is 35.2 Å². The zero-order chi connectivity index (χ0) is 80.8. The van der Waals surface area contributed by atoms with Crippen molar-refractivity contribution in [1.29, 1.82) is 0 Å². The van der Waals surface area contributed by atoms with Crippen LogP contribution in [0.5, 0.6) is 6.01 Å². The minimum Gasteiger partial charge on any atom is -0.467 e. The van der Waals surface area contributed by atoms with Crippen LogP contribution >= 0.6 is 39.3 Å². The molecule has 110 heavy (non-hydrogen) atoms. The molecule has 0 amide bonds. The Bertz CT molecular complexity index is 4450. The number of aromatic nitrogens is 16. The van der Waals surface area contributed by atoms with Crippen molar-refractivity contribution in [2.45, 2.75) is 183 Å². The fourth-order valence-electron chi connectivity index (χ4n) is 12.7. The first-order valence-corrected chi connectivity index (χ1v) is 50.1. The molecule has 4 aliphatic rings. The van der Waals surface area contributed by atoms with Gasteiger partial charge in [0.15, 0.2) is 87.0 Å². The van der Waals surface area contributed by atoms with Gasteiger partial charge in [-0.3, -0.25) is 18.3 Å². The Balaban J connectivity index is 0.000000170. The number of imidazole rings is 4. The van der Waals surface area contributed by atoms with Crippen molar-refractivity contribution >= 4 is 132 Å². The number of ether oxygens (including phenoxy) is 5. The molecule has 8 aromatic rings. The molecule has 0 spiro atoms. The fourth-order valence-corrected chi connectivity index (χ4v) is 16.9. The number of rotatable bonds is 26. The molecule has 0 bridgehead atoms. The van der Waals surface area contributed by atoms with Gasteiger partial charge in [0.25, 0.3) is 0 Å². The highest BCUT2D eigenvalue weighted by Gasteiger charge is 2.48. The van der Waals surface area contributed by atoms with E-state index >= 15 is 0 Å². The number of nitrogens with zero attached hydrogens (tertiary/aromatic N) is 16. The van der Waals surface area contributed by atoms with Crippen molar-refractivity contribution in [2.75, 3.05) is 127 Å². The van der Waals surface area contributed by atoms with Gasteiger partial charge in [0, 0.05) is 13.1 Å². The lowest BCUT2D eigenvalue weighted by Crippen LogP contribution is -2.31. The maximum atomic E-state index is 10.7. The zero-order valence-electron chi connectivity index (χ0n) is 66.1. The van der Waals surface area contributed by atoms with Gasteiger partial charge in [-0.05, 0) is 150 Å². The lowest BCUT2D eigenvalue weighted by atomic mass is 10.1. The minimum atomic E-state index is -1.26. The summed E-state index contributed by atoms with van der Waals surface area (Å²) in [5.74, 6) is 2.76. The Morgan fingerprint density at radius 2 is 0.755 bits per heavy atom. The number of allylic oxidation sites excluding steroid dienone is 2. The van der Waals surface area contributed by atoms with Crippen LogP contribution in [0.2, 0.25) is 0 Å². The second kappa shape index (κ2) is 36.9. The number of aliphatic hydroxyl groups excluding tert-OH is 8. The molecule has 14 N–H and O–H groups in total. The standard InChI is InChI=1S/C21H34N5O4P.C21H34N5O3PS.2C15H24N5O3P/c1-7-13(2)8-10-22-18-15-19(25-21(24-18)29-3)26(12-23-15)20-17(28)16(27)14(30-20)9-11-31(4,5)6;1-7-13(2)8-10-22-18-15-19(25-21(24-18)31-6)26(12-23-15)20-17(28)16(27)14(29-20)9-11-30(3,4)5;2*1-8-18-13(16)10-14(19-8)20(7-17-10)15-12(22)11(21)9(23-15)5-6-24(2,3)4/h8,12,14,16-17,20,27-28H,4,7,9-11H2,1-3,5-6H3,(H,22,24,25);8,12,14,16-17,20,27-28H,3,7,9-11H2,1-2,4-6H3,(H,22,24,25);2*7,9,11-12,15,21-22H,2,5-6H2,1,3-4H3,(H2,16,18,19)/b2*13-8-;;/t2*14-,16-,17-,20?;2*9-,11-,12-,15?/m1111/s1. The Morgan fingerprint density at radius 3 is 1.05 bits per heavy atom. The Kier molecular flexibility index (Phi) is 29.4. The van der Waals surface area contributed by atoms with Crippen LogP contribution in [0.1, 0.15) is 103 Å². The Hall–Kier alpha value is -6.25. The normalized spacial score (nSPS) is 26.1. The quantitative estimate of drug-likeness (QED) is 0.0124. The molecule has 8 aromatic heterocycles. The molecular formula is C72H116N20O13P4S. The highest BCUT2D eigenvalue weighted by atomic mass is 32.2. The van der Waals surface area contributed by atoms with Gasteiger partial charge in [0.2, 0.25) is 0 Å². The summed E-state index contributed by atoms with van der Waals surface area (Å²) in [6, 6.07) is 0.182. The van der Waals surface area contributed by atoms with Crippen LogP contribution < -0.4 is 26.8 Å². The van der Waals surface area contributed by atoms with E-state index < -0.39 is 126 Å². The third-order valence-electron chi connectivity index (χ3n) is 19.4. The van der Waals surface area contributed by atoms with Crippen LogP contribution in [0, 0.1) is 13.8 Å². The van der Waals surface area contributed by atoms with Gasteiger partial charge in [-0.1, -0.05) is 48.9 Å². The summed E-state index contributed by atoms with van der Waals surface area (Å²) in [5, 5.41) is 91.2. The number of hydrogen-bond donors (Lipinski definition) is 12. The molecular weight excluding hydrogens is 1510 g/mol. The van der Waals surface area contributed by atoms with Gasteiger partial charge in [0.1, 0.15) is 71.5 Å². The number of aliphatic hydroxyl groups is 8. The molecule has 4 saturated heterocycles. The van der Waals surface area contributed by atoms with Crippen LogP contribution in [0.25, 0.3) is 44.7 Å². The summed E-state index contributed by atoms with van der Waals surface area (Å²) in [4.78, 5) is 52.2. The van der Waals surface area contributed by atoms with Crippen LogP contribution in [-0.4, -0.2) is 322 Å². The lowest BCUT2D eigenvalue weighted by molar-refractivity contribution is -0.0353. The molecule has 0 saturated carbocycles. The molecule has 4 unspecified atom stereocenters. The molecule has 12 heterocycles. The largest absolute Gasteiger partial charge is 0.467 e. The van der Waals surface area contributed by atoms with Crippen molar-refractivity contribution < 1.29 is 64.5 Å². The van der Waals surface area contributed by atoms with E-state index in [9.17, 15) is 40.9 Å². The first-order chi connectivity index (χ1) is 51.6. The zero-order valence-corrected chi connectivity index (χ0v) is 70.5. The summed E-state index contributed by atoms with van der Waals surface area (Å²) < 4.78 is 35.8. The van der Waals surface area contributed by atoms with Crippen molar-refractivity contribution in [3.05, 3.63) is 60.3 Å². The number of anilines is 4. The second-order valence-corrected chi connectivity index (χ2v) is 49.3. The van der Waals surface area contributed by atoms with E-state index in [0.717, 1.165) is 37.5 Å². The van der Waals surface area contributed by atoms with Crippen LogP contribution in [0.4, 0.5) is 23.3 Å². The maximum absolute atomic E-state index is 10.7. The van der Waals surface area contributed by atoms with Gasteiger partial charge < -0.3 is 86.6 Å². The number of hydrogen-bond acceptors (Lipinski definition) is 30. The number of thioether (sulfide) groups is 1. The third-order valence-corrected chi connectivity index (χ3v) is 25.8. The smallest absolute Gasteiger partial charge is 0.320 e. The monoisotopic (exact) mass is 1620 g/mol. The number of fused-ring (bicyclic) bond motifs is 4. The number of nitrogens with one attached hydrogen (secondary N) is 2. The van der Waals surface area contributed by atoms with Crippen LogP contribution in [0.3, 0.4) is 0 Å². The average Bonchev–Trinajstić information content (AvgIpc) is 1.63. The van der Waals surface area contributed by atoms with Gasteiger partial charge in [-0.25, -0.2) is 49.8 Å².